The molecule has 0 atom stereocenters. The predicted octanol–water partition coefficient (Wildman–Crippen LogP) is 3.84. The lowest BCUT2D eigenvalue weighted by atomic mass is 9.94. The van der Waals surface area contributed by atoms with Crippen LogP contribution in [0.25, 0.3) is 0 Å². The molecule has 3 rings (SSSR count). The van der Waals surface area contributed by atoms with E-state index >= 15 is 0 Å². The number of benzene rings is 1. The smallest absolute Gasteiger partial charge is 0.257 e. The van der Waals surface area contributed by atoms with E-state index in [2.05, 4.69) is 15.6 Å². The standard InChI is InChI=1S/C21H23N3O2/c25-20(13-16-7-2-1-3-8-16)23-15-17-9-4-5-11-19(17)24-21(26)18-10-6-12-22-14-18/h4-6,9-14H,1-3,7-8,15H2,(H,23,25)(H,24,26). The molecule has 1 aliphatic rings. The molecule has 134 valence electrons. The maximum Gasteiger partial charge on any atom is 0.257 e. The number of pyridine rings is 1. The van der Waals surface area contributed by atoms with Crippen LogP contribution in [-0.4, -0.2) is 16.8 Å². The average molecular weight is 349 g/mol. The van der Waals surface area contributed by atoms with Crippen LogP contribution in [0.2, 0.25) is 0 Å². The Labute approximate surface area is 153 Å². The Morgan fingerprint density at radius 3 is 2.62 bits per heavy atom. The van der Waals surface area contributed by atoms with E-state index in [-0.39, 0.29) is 11.8 Å². The lowest BCUT2D eigenvalue weighted by molar-refractivity contribution is -0.116. The van der Waals surface area contributed by atoms with Crippen molar-refractivity contribution in [1.29, 1.82) is 0 Å². The van der Waals surface area contributed by atoms with Gasteiger partial charge in [0.1, 0.15) is 0 Å². The number of para-hydroxylation sites is 1. The molecule has 1 heterocycles. The van der Waals surface area contributed by atoms with Gasteiger partial charge in [0.2, 0.25) is 5.91 Å². The second-order valence-electron chi connectivity index (χ2n) is 6.43. The molecule has 5 heteroatoms. The van der Waals surface area contributed by atoms with Crippen molar-refractivity contribution in [2.75, 3.05) is 5.32 Å². The topological polar surface area (TPSA) is 71.1 Å². The molecule has 0 aliphatic heterocycles. The Bertz CT molecular complexity index is 792. The summed E-state index contributed by atoms with van der Waals surface area (Å²) in [6.45, 7) is 0.367. The summed E-state index contributed by atoms with van der Waals surface area (Å²) in [5.74, 6) is -0.295. The summed E-state index contributed by atoms with van der Waals surface area (Å²) in [7, 11) is 0. The number of carbonyl (C=O) groups is 2. The van der Waals surface area contributed by atoms with Crippen molar-refractivity contribution in [3.8, 4) is 0 Å². The second kappa shape index (κ2) is 8.94. The maximum atomic E-state index is 12.3. The summed E-state index contributed by atoms with van der Waals surface area (Å²) >= 11 is 0. The van der Waals surface area contributed by atoms with E-state index in [4.69, 9.17) is 0 Å². The van der Waals surface area contributed by atoms with Gasteiger partial charge in [-0.25, -0.2) is 0 Å². The van der Waals surface area contributed by atoms with Gasteiger partial charge < -0.3 is 10.6 Å². The highest BCUT2D eigenvalue weighted by atomic mass is 16.2. The Morgan fingerprint density at radius 1 is 1.04 bits per heavy atom. The highest BCUT2D eigenvalue weighted by Crippen LogP contribution is 2.22. The van der Waals surface area contributed by atoms with E-state index in [0.29, 0.717) is 17.8 Å². The van der Waals surface area contributed by atoms with Gasteiger partial charge in [0.25, 0.3) is 5.91 Å². The monoisotopic (exact) mass is 349 g/mol. The molecule has 1 aromatic heterocycles. The molecule has 1 aliphatic carbocycles. The molecule has 1 saturated carbocycles. The van der Waals surface area contributed by atoms with Crippen LogP contribution in [-0.2, 0) is 11.3 Å². The maximum absolute atomic E-state index is 12.3. The van der Waals surface area contributed by atoms with Gasteiger partial charge in [-0.2, -0.15) is 0 Å². The number of amides is 2. The normalized spacial score (nSPS) is 13.8. The first kappa shape index (κ1) is 17.9. The van der Waals surface area contributed by atoms with Gasteiger partial charge in [0, 0.05) is 30.7 Å². The van der Waals surface area contributed by atoms with Crippen LogP contribution in [0.4, 0.5) is 5.69 Å². The largest absolute Gasteiger partial charge is 0.348 e. The minimum Gasteiger partial charge on any atom is -0.348 e. The zero-order valence-electron chi connectivity index (χ0n) is 14.7. The minimum atomic E-state index is -0.221. The second-order valence-corrected chi connectivity index (χ2v) is 6.43. The first-order valence-corrected chi connectivity index (χ1v) is 8.99. The van der Waals surface area contributed by atoms with E-state index in [1.807, 2.05) is 24.3 Å². The van der Waals surface area contributed by atoms with Crippen LogP contribution in [0.5, 0.6) is 0 Å². The molecular weight excluding hydrogens is 326 g/mol. The molecule has 1 fully saturated rings. The van der Waals surface area contributed by atoms with Crippen LogP contribution >= 0.6 is 0 Å². The summed E-state index contributed by atoms with van der Waals surface area (Å²) in [6, 6.07) is 10.9. The number of allylic oxidation sites excluding steroid dienone is 1. The molecule has 0 saturated heterocycles. The van der Waals surface area contributed by atoms with E-state index < -0.39 is 0 Å². The van der Waals surface area contributed by atoms with Crippen molar-refractivity contribution in [2.24, 2.45) is 0 Å². The number of rotatable bonds is 5. The molecule has 2 aromatic rings. The fourth-order valence-electron chi connectivity index (χ4n) is 3.06. The van der Waals surface area contributed by atoms with Gasteiger partial charge in [0.15, 0.2) is 0 Å². The average Bonchev–Trinajstić information content (AvgIpc) is 2.69. The summed E-state index contributed by atoms with van der Waals surface area (Å²) in [5, 5.41) is 5.81. The fraction of sp³-hybridized carbons (Fsp3) is 0.286. The van der Waals surface area contributed by atoms with E-state index in [1.54, 1.807) is 24.4 Å². The highest BCUT2D eigenvalue weighted by molar-refractivity contribution is 6.04. The Kier molecular flexibility index (Phi) is 6.14. The van der Waals surface area contributed by atoms with Gasteiger partial charge in [0.05, 0.1) is 5.56 Å². The SMILES string of the molecule is O=C(C=C1CCCCC1)NCc1ccccc1NC(=O)c1cccnc1. The van der Waals surface area contributed by atoms with Gasteiger partial charge in [-0.15, -0.1) is 0 Å². The van der Waals surface area contributed by atoms with E-state index in [9.17, 15) is 9.59 Å². The Morgan fingerprint density at radius 2 is 1.85 bits per heavy atom. The summed E-state index contributed by atoms with van der Waals surface area (Å²) in [6.07, 6.45) is 10.5. The van der Waals surface area contributed by atoms with Crippen molar-refractivity contribution < 1.29 is 9.59 Å². The van der Waals surface area contributed by atoms with Crippen molar-refractivity contribution in [3.63, 3.8) is 0 Å². The van der Waals surface area contributed by atoms with Crippen LogP contribution in [0.1, 0.15) is 48.0 Å². The highest BCUT2D eigenvalue weighted by Gasteiger charge is 2.10. The van der Waals surface area contributed by atoms with E-state index in [0.717, 1.165) is 18.4 Å². The number of nitrogens with one attached hydrogen (secondary N) is 2. The molecule has 0 unspecified atom stereocenters. The third-order valence-electron chi connectivity index (χ3n) is 4.47. The molecule has 1 aromatic carbocycles. The molecule has 26 heavy (non-hydrogen) atoms. The number of hydrogen-bond acceptors (Lipinski definition) is 3. The fourth-order valence-corrected chi connectivity index (χ4v) is 3.06. The first-order valence-electron chi connectivity index (χ1n) is 8.99. The molecule has 2 amide bonds. The van der Waals surface area contributed by atoms with Crippen molar-refractivity contribution >= 4 is 17.5 Å². The number of carbonyl (C=O) groups excluding carboxylic acids is 2. The molecule has 0 radical (unpaired) electrons. The third-order valence-corrected chi connectivity index (χ3v) is 4.47. The van der Waals surface area contributed by atoms with Crippen molar-refractivity contribution in [1.82, 2.24) is 10.3 Å². The predicted molar refractivity (Wildman–Crippen MR) is 102 cm³/mol. The van der Waals surface area contributed by atoms with Crippen LogP contribution in [0.15, 0.2) is 60.4 Å². The number of aromatic nitrogens is 1. The molecular formula is C21H23N3O2. The number of anilines is 1. The van der Waals surface area contributed by atoms with Crippen LogP contribution < -0.4 is 10.6 Å². The Balaban J connectivity index is 1.62. The Hall–Kier alpha value is -2.95. The van der Waals surface area contributed by atoms with Gasteiger partial charge >= 0.3 is 0 Å². The van der Waals surface area contributed by atoms with Crippen molar-refractivity contribution in [2.45, 2.75) is 38.6 Å². The summed E-state index contributed by atoms with van der Waals surface area (Å²) in [4.78, 5) is 28.4. The first-order chi connectivity index (χ1) is 12.7. The van der Waals surface area contributed by atoms with Gasteiger partial charge in [-0.05, 0) is 49.4 Å². The quantitative estimate of drug-likeness (QED) is 0.806. The zero-order chi connectivity index (χ0) is 18.2. The third kappa shape index (κ3) is 5.02. The lowest BCUT2D eigenvalue weighted by Crippen LogP contribution is -2.22. The summed E-state index contributed by atoms with van der Waals surface area (Å²) < 4.78 is 0. The van der Waals surface area contributed by atoms with Gasteiger partial charge in [-0.1, -0.05) is 30.2 Å². The number of hydrogen-bond donors (Lipinski definition) is 2. The van der Waals surface area contributed by atoms with Crippen molar-refractivity contribution in [3.05, 3.63) is 71.6 Å². The van der Waals surface area contributed by atoms with Gasteiger partial charge in [-0.3, -0.25) is 14.6 Å². The molecule has 5 nitrogen and oxygen atoms in total. The van der Waals surface area contributed by atoms with Crippen LogP contribution in [0, 0.1) is 0 Å². The van der Waals surface area contributed by atoms with E-state index in [1.165, 1.54) is 31.0 Å². The number of nitrogens with zero attached hydrogens (tertiary/aromatic N) is 1. The molecule has 2 N–H and O–H groups in total. The molecule has 0 bridgehead atoms. The zero-order valence-corrected chi connectivity index (χ0v) is 14.7. The molecule has 0 spiro atoms. The van der Waals surface area contributed by atoms with Crippen LogP contribution in [0.3, 0.4) is 0 Å². The summed E-state index contributed by atoms with van der Waals surface area (Å²) in [5.41, 5.74) is 3.27. The lowest BCUT2D eigenvalue weighted by Gasteiger charge is -2.14. The minimum absolute atomic E-state index is 0.0738.